The maximum Gasteiger partial charge on any atom is 0.123 e. The van der Waals surface area contributed by atoms with Crippen molar-refractivity contribution < 1.29 is 4.39 Å². The summed E-state index contributed by atoms with van der Waals surface area (Å²) < 4.78 is 13.0. The summed E-state index contributed by atoms with van der Waals surface area (Å²) in [6, 6.07) is 7.71. The molecule has 16 heavy (non-hydrogen) atoms. The minimum absolute atomic E-state index is 0. The van der Waals surface area contributed by atoms with Crippen LogP contribution in [0.2, 0.25) is 5.02 Å². The molecule has 0 saturated carbocycles. The van der Waals surface area contributed by atoms with Gasteiger partial charge in [0.15, 0.2) is 0 Å². The second-order valence-corrected chi connectivity index (χ2v) is 4.55. The summed E-state index contributed by atoms with van der Waals surface area (Å²) >= 11 is 7.50. The van der Waals surface area contributed by atoms with E-state index in [4.69, 9.17) is 17.3 Å². The number of thiophene rings is 1. The largest absolute Gasteiger partial charge is 0.320 e. The van der Waals surface area contributed by atoms with Crippen LogP contribution in [-0.4, -0.2) is 0 Å². The fraction of sp³-hybridized carbons (Fsp3) is 0.0909. The Morgan fingerprint density at radius 1 is 1.31 bits per heavy atom. The fourth-order valence-electron chi connectivity index (χ4n) is 1.37. The van der Waals surface area contributed by atoms with Crippen molar-refractivity contribution in [1.82, 2.24) is 0 Å². The quantitative estimate of drug-likeness (QED) is 0.882. The molecule has 0 aliphatic rings. The summed E-state index contributed by atoms with van der Waals surface area (Å²) in [6.45, 7) is 0. The molecule has 86 valence electrons. The summed E-state index contributed by atoms with van der Waals surface area (Å²) in [6.07, 6.45) is 0. The van der Waals surface area contributed by atoms with E-state index in [-0.39, 0.29) is 24.3 Å². The van der Waals surface area contributed by atoms with Crippen LogP contribution >= 0.6 is 35.3 Å². The van der Waals surface area contributed by atoms with Crippen LogP contribution in [0.4, 0.5) is 4.39 Å². The Morgan fingerprint density at radius 3 is 2.69 bits per heavy atom. The Hall–Kier alpha value is -0.610. The SMILES string of the molecule is Cl.N[C@@H](c1cccs1)c1cc(F)ccc1Cl. The maximum atomic E-state index is 13.0. The number of halogens is 3. The normalized spacial score (nSPS) is 11.9. The molecule has 1 aromatic heterocycles. The Morgan fingerprint density at radius 2 is 2.06 bits per heavy atom. The predicted molar refractivity (Wildman–Crippen MR) is 69.0 cm³/mol. The van der Waals surface area contributed by atoms with Crippen molar-refractivity contribution in [2.45, 2.75) is 6.04 Å². The van der Waals surface area contributed by atoms with Gasteiger partial charge in [-0.2, -0.15) is 0 Å². The number of hydrogen-bond donors (Lipinski definition) is 1. The molecule has 1 nitrogen and oxygen atoms in total. The molecule has 0 aliphatic heterocycles. The van der Waals surface area contributed by atoms with Crippen molar-refractivity contribution in [2.24, 2.45) is 5.73 Å². The maximum absolute atomic E-state index is 13.0. The van der Waals surface area contributed by atoms with Gasteiger partial charge in [0.1, 0.15) is 5.82 Å². The third-order valence-corrected chi connectivity index (χ3v) is 3.44. The van der Waals surface area contributed by atoms with Crippen LogP contribution in [0, 0.1) is 5.82 Å². The zero-order valence-corrected chi connectivity index (χ0v) is 10.6. The first-order chi connectivity index (χ1) is 7.18. The van der Waals surface area contributed by atoms with Gasteiger partial charge in [-0.25, -0.2) is 4.39 Å². The topological polar surface area (TPSA) is 26.0 Å². The lowest BCUT2D eigenvalue weighted by Gasteiger charge is -2.11. The van der Waals surface area contributed by atoms with Gasteiger partial charge in [0.05, 0.1) is 6.04 Å². The molecule has 0 amide bonds. The third kappa shape index (κ3) is 2.74. The molecule has 0 fully saturated rings. The predicted octanol–water partition coefficient (Wildman–Crippen LogP) is 4.01. The first kappa shape index (κ1) is 13.5. The average Bonchev–Trinajstić information content (AvgIpc) is 2.74. The smallest absolute Gasteiger partial charge is 0.123 e. The molecule has 0 unspecified atom stereocenters. The average molecular weight is 278 g/mol. The van der Waals surface area contributed by atoms with E-state index in [0.29, 0.717) is 10.6 Å². The molecule has 5 heteroatoms. The third-order valence-electron chi connectivity index (χ3n) is 2.14. The first-order valence-corrected chi connectivity index (χ1v) is 5.68. The zero-order chi connectivity index (χ0) is 10.8. The van der Waals surface area contributed by atoms with Gasteiger partial charge < -0.3 is 5.73 Å². The molecule has 0 saturated heterocycles. The van der Waals surface area contributed by atoms with Gasteiger partial charge in [0.25, 0.3) is 0 Å². The monoisotopic (exact) mass is 277 g/mol. The lowest BCUT2D eigenvalue weighted by molar-refractivity contribution is 0.624. The molecular formula is C11H10Cl2FNS. The van der Waals surface area contributed by atoms with E-state index < -0.39 is 0 Å². The van der Waals surface area contributed by atoms with Crippen LogP contribution in [0.15, 0.2) is 35.7 Å². The van der Waals surface area contributed by atoms with E-state index in [9.17, 15) is 4.39 Å². The summed E-state index contributed by atoms with van der Waals surface area (Å²) in [5.74, 6) is -0.318. The van der Waals surface area contributed by atoms with Crippen LogP contribution < -0.4 is 5.73 Å². The number of nitrogens with two attached hydrogens (primary N) is 1. The molecule has 0 radical (unpaired) electrons. The molecule has 2 N–H and O–H groups in total. The molecule has 2 aromatic rings. The van der Waals surface area contributed by atoms with E-state index in [1.165, 1.54) is 29.5 Å². The Kier molecular flexibility index (Phi) is 4.74. The Bertz CT molecular complexity index is 459. The van der Waals surface area contributed by atoms with Crippen LogP contribution in [0.1, 0.15) is 16.5 Å². The van der Waals surface area contributed by atoms with Gasteiger partial charge >= 0.3 is 0 Å². The Labute approximate surface area is 108 Å². The highest BCUT2D eigenvalue weighted by Crippen LogP contribution is 2.29. The highest BCUT2D eigenvalue weighted by atomic mass is 35.5. The van der Waals surface area contributed by atoms with E-state index in [2.05, 4.69) is 0 Å². The number of rotatable bonds is 2. The molecule has 0 spiro atoms. The zero-order valence-electron chi connectivity index (χ0n) is 8.19. The molecule has 1 atom stereocenters. The van der Waals surface area contributed by atoms with Gasteiger partial charge in [-0.3, -0.25) is 0 Å². The van der Waals surface area contributed by atoms with Crippen LogP contribution in [0.3, 0.4) is 0 Å². The highest BCUT2D eigenvalue weighted by Gasteiger charge is 2.13. The second kappa shape index (κ2) is 5.64. The van der Waals surface area contributed by atoms with Gasteiger partial charge in [-0.05, 0) is 35.2 Å². The molecule has 1 aromatic carbocycles. The van der Waals surface area contributed by atoms with Crippen molar-refractivity contribution in [3.8, 4) is 0 Å². The van der Waals surface area contributed by atoms with Crippen molar-refractivity contribution >= 4 is 35.3 Å². The van der Waals surface area contributed by atoms with Crippen molar-refractivity contribution in [3.63, 3.8) is 0 Å². The van der Waals surface area contributed by atoms with Crippen molar-refractivity contribution in [3.05, 3.63) is 57.0 Å². The van der Waals surface area contributed by atoms with E-state index in [0.717, 1.165) is 4.88 Å². The van der Waals surface area contributed by atoms with Crippen LogP contribution in [-0.2, 0) is 0 Å². The lowest BCUT2D eigenvalue weighted by Crippen LogP contribution is -2.11. The molecular weight excluding hydrogens is 268 g/mol. The van der Waals surface area contributed by atoms with Crippen molar-refractivity contribution in [2.75, 3.05) is 0 Å². The van der Waals surface area contributed by atoms with E-state index >= 15 is 0 Å². The standard InChI is InChI=1S/C11H9ClFNS.ClH/c12-9-4-3-7(13)6-8(9)11(14)10-2-1-5-15-10;/h1-6,11H,14H2;1H/t11-;/m1./s1. The summed E-state index contributed by atoms with van der Waals surface area (Å²) in [5.41, 5.74) is 6.61. The van der Waals surface area contributed by atoms with E-state index in [1.807, 2.05) is 17.5 Å². The molecule has 0 bridgehead atoms. The second-order valence-electron chi connectivity index (χ2n) is 3.16. The van der Waals surface area contributed by atoms with Crippen molar-refractivity contribution in [1.29, 1.82) is 0 Å². The van der Waals surface area contributed by atoms with Gasteiger partial charge in [-0.1, -0.05) is 17.7 Å². The van der Waals surface area contributed by atoms with Gasteiger partial charge in [0, 0.05) is 9.90 Å². The minimum Gasteiger partial charge on any atom is -0.320 e. The van der Waals surface area contributed by atoms with Crippen LogP contribution in [0.25, 0.3) is 0 Å². The van der Waals surface area contributed by atoms with Gasteiger partial charge in [-0.15, -0.1) is 23.7 Å². The molecule has 2 rings (SSSR count). The summed E-state index contributed by atoms with van der Waals surface area (Å²) in [4.78, 5) is 0.975. The number of hydrogen-bond acceptors (Lipinski definition) is 2. The first-order valence-electron chi connectivity index (χ1n) is 4.42. The highest BCUT2D eigenvalue weighted by molar-refractivity contribution is 7.10. The van der Waals surface area contributed by atoms with Crippen LogP contribution in [0.5, 0.6) is 0 Å². The fourth-order valence-corrected chi connectivity index (χ4v) is 2.35. The number of benzene rings is 1. The summed E-state index contributed by atoms with van der Waals surface area (Å²) in [5, 5.41) is 2.43. The van der Waals surface area contributed by atoms with Gasteiger partial charge in [0.2, 0.25) is 0 Å². The lowest BCUT2D eigenvalue weighted by atomic mass is 10.1. The minimum atomic E-state index is -0.354. The summed E-state index contributed by atoms with van der Waals surface area (Å²) in [7, 11) is 0. The van der Waals surface area contributed by atoms with E-state index in [1.54, 1.807) is 0 Å². The molecule has 0 aliphatic carbocycles. The Balaban J connectivity index is 0.00000128. The molecule has 1 heterocycles.